The van der Waals surface area contributed by atoms with Crippen molar-refractivity contribution in [3.05, 3.63) is 23.4 Å². The third-order valence-electron chi connectivity index (χ3n) is 3.79. The average molecular weight is 261 g/mol. The van der Waals surface area contributed by atoms with Gasteiger partial charge >= 0.3 is 0 Å². The number of nitrogens with one attached hydrogen (secondary N) is 1. The maximum atomic E-state index is 12.3. The number of nitrogens with two attached hydrogens (primary N) is 1. The molecule has 19 heavy (non-hydrogen) atoms. The lowest BCUT2D eigenvalue weighted by molar-refractivity contribution is 0.0908. The molecule has 1 heterocycles. The van der Waals surface area contributed by atoms with Gasteiger partial charge in [0.15, 0.2) is 0 Å². The summed E-state index contributed by atoms with van der Waals surface area (Å²) in [5.74, 6) is 0.392. The number of hydrogen-bond acceptors (Lipinski definition) is 3. The van der Waals surface area contributed by atoms with Gasteiger partial charge in [-0.3, -0.25) is 4.79 Å². The van der Waals surface area contributed by atoms with Crippen LogP contribution in [0.4, 0.5) is 5.82 Å². The summed E-state index contributed by atoms with van der Waals surface area (Å²) in [5.41, 5.74) is 7.24. The second kappa shape index (κ2) is 5.59. The van der Waals surface area contributed by atoms with Gasteiger partial charge in [0.05, 0.1) is 0 Å². The first kappa shape index (κ1) is 13.8. The minimum absolute atomic E-state index is 0.0316. The SMILES string of the molecule is CCCc1cc(C(=O)NC2(C)CCCC2)cc(N)n1. The van der Waals surface area contributed by atoms with E-state index in [0.29, 0.717) is 11.4 Å². The van der Waals surface area contributed by atoms with E-state index in [2.05, 4.69) is 24.1 Å². The predicted octanol–water partition coefficient (Wildman–Crippen LogP) is 2.68. The second-order valence-electron chi connectivity index (χ2n) is 5.74. The van der Waals surface area contributed by atoms with Crippen LogP contribution in [0.2, 0.25) is 0 Å². The van der Waals surface area contributed by atoms with Gasteiger partial charge in [-0.05, 0) is 38.3 Å². The molecule has 0 saturated heterocycles. The van der Waals surface area contributed by atoms with Gasteiger partial charge in [0.2, 0.25) is 0 Å². The standard InChI is InChI=1S/C15H23N3O/c1-3-6-12-9-11(10-13(16)17-12)14(19)18-15(2)7-4-5-8-15/h9-10H,3-8H2,1-2H3,(H2,16,17)(H,18,19). The van der Waals surface area contributed by atoms with Crippen LogP contribution in [-0.4, -0.2) is 16.4 Å². The Labute approximate surface area is 114 Å². The average Bonchev–Trinajstić information content (AvgIpc) is 2.75. The normalized spacial score (nSPS) is 17.4. The van der Waals surface area contributed by atoms with Crippen LogP contribution >= 0.6 is 0 Å². The lowest BCUT2D eigenvalue weighted by atomic mass is 10.00. The second-order valence-corrected chi connectivity index (χ2v) is 5.74. The molecule has 0 spiro atoms. The molecule has 4 nitrogen and oxygen atoms in total. The van der Waals surface area contributed by atoms with Crippen molar-refractivity contribution in [2.75, 3.05) is 5.73 Å². The topological polar surface area (TPSA) is 68.0 Å². The van der Waals surface area contributed by atoms with Crippen LogP contribution in [0.3, 0.4) is 0 Å². The zero-order chi connectivity index (χ0) is 13.9. The number of hydrogen-bond donors (Lipinski definition) is 2. The highest BCUT2D eigenvalue weighted by Gasteiger charge is 2.30. The fourth-order valence-electron chi connectivity index (χ4n) is 2.75. The summed E-state index contributed by atoms with van der Waals surface area (Å²) in [6, 6.07) is 3.51. The molecule has 1 amide bonds. The van der Waals surface area contributed by atoms with E-state index in [1.807, 2.05) is 6.07 Å². The third kappa shape index (κ3) is 3.46. The zero-order valence-electron chi connectivity index (χ0n) is 11.8. The van der Waals surface area contributed by atoms with Gasteiger partial charge in [0.1, 0.15) is 5.82 Å². The maximum absolute atomic E-state index is 12.3. The van der Waals surface area contributed by atoms with Crippen molar-refractivity contribution in [2.45, 2.75) is 57.9 Å². The number of aryl methyl sites for hydroxylation is 1. The first-order valence-corrected chi connectivity index (χ1v) is 7.11. The Balaban J connectivity index is 2.14. The molecule has 0 unspecified atom stereocenters. The Morgan fingerprint density at radius 1 is 1.42 bits per heavy atom. The van der Waals surface area contributed by atoms with Crippen LogP contribution in [0.1, 0.15) is 62.0 Å². The highest BCUT2D eigenvalue weighted by Crippen LogP contribution is 2.29. The minimum atomic E-state index is -0.0555. The van der Waals surface area contributed by atoms with Crippen molar-refractivity contribution in [3.8, 4) is 0 Å². The van der Waals surface area contributed by atoms with E-state index in [-0.39, 0.29) is 11.4 Å². The summed E-state index contributed by atoms with van der Waals surface area (Å²) >= 11 is 0. The molecule has 0 aromatic carbocycles. The van der Waals surface area contributed by atoms with Gasteiger partial charge in [-0.25, -0.2) is 4.98 Å². The molecule has 4 heteroatoms. The Hall–Kier alpha value is -1.58. The summed E-state index contributed by atoms with van der Waals surface area (Å²) in [6.07, 6.45) is 6.34. The number of nitrogen functional groups attached to an aromatic ring is 1. The van der Waals surface area contributed by atoms with E-state index in [1.54, 1.807) is 6.07 Å². The van der Waals surface area contributed by atoms with Crippen LogP contribution in [0, 0.1) is 0 Å². The molecule has 0 radical (unpaired) electrons. The largest absolute Gasteiger partial charge is 0.384 e. The summed E-state index contributed by atoms with van der Waals surface area (Å²) in [6.45, 7) is 4.21. The summed E-state index contributed by atoms with van der Waals surface area (Å²) < 4.78 is 0. The van der Waals surface area contributed by atoms with E-state index in [1.165, 1.54) is 12.8 Å². The maximum Gasteiger partial charge on any atom is 0.251 e. The van der Waals surface area contributed by atoms with Crippen molar-refractivity contribution in [3.63, 3.8) is 0 Å². The predicted molar refractivity (Wildman–Crippen MR) is 77.0 cm³/mol. The molecule has 0 bridgehead atoms. The number of carbonyl (C=O) groups is 1. The summed E-state index contributed by atoms with van der Waals surface area (Å²) in [7, 11) is 0. The fourth-order valence-corrected chi connectivity index (χ4v) is 2.75. The van der Waals surface area contributed by atoms with Crippen LogP contribution in [0.15, 0.2) is 12.1 Å². The van der Waals surface area contributed by atoms with E-state index < -0.39 is 0 Å². The number of anilines is 1. The third-order valence-corrected chi connectivity index (χ3v) is 3.79. The molecule has 1 aliphatic rings. The molecule has 3 N–H and O–H groups in total. The molecule has 1 aromatic heterocycles. The van der Waals surface area contributed by atoms with Crippen molar-refractivity contribution in [1.82, 2.24) is 10.3 Å². The van der Waals surface area contributed by atoms with Crippen LogP contribution < -0.4 is 11.1 Å². The summed E-state index contributed by atoms with van der Waals surface area (Å²) in [5, 5.41) is 3.15. The number of amides is 1. The van der Waals surface area contributed by atoms with Gasteiger partial charge in [-0.2, -0.15) is 0 Å². The van der Waals surface area contributed by atoms with Gasteiger partial charge in [0, 0.05) is 16.8 Å². The lowest BCUT2D eigenvalue weighted by Gasteiger charge is -2.25. The van der Waals surface area contributed by atoms with Crippen LogP contribution in [0.5, 0.6) is 0 Å². The summed E-state index contributed by atoms with van der Waals surface area (Å²) in [4.78, 5) is 16.6. The van der Waals surface area contributed by atoms with Crippen molar-refractivity contribution in [1.29, 1.82) is 0 Å². The fraction of sp³-hybridized carbons (Fsp3) is 0.600. The molecule has 1 saturated carbocycles. The van der Waals surface area contributed by atoms with E-state index in [0.717, 1.165) is 31.4 Å². The highest BCUT2D eigenvalue weighted by molar-refractivity contribution is 5.95. The molecule has 2 rings (SSSR count). The highest BCUT2D eigenvalue weighted by atomic mass is 16.1. The monoisotopic (exact) mass is 261 g/mol. The number of pyridine rings is 1. The van der Waals surface area contributed by atoms with Crippen molar-refractivity contribution >= 4 is 11.7 Å². The molecule has 1 fully saturated rings. The Bertz CT molecular complexity index is 464. The van der Waals surface area contributed by atoms with E-state index >= 15 is 0 Å². The molecule has 1 aromatic rings. The Kier molecular flexibility index (Phi) is 4.08. The molecule has 104 valence electrons. The van der Waals surface area contributed by atoms with Crippen LogP contribution in [0.25, 0.3) is 0 Å². The quantitative estimate of drug-likeness (QED) is 0.875. The van der Waals surface area contributed by atoms with Gasteiger partial charge in [-0.15, -0.1) is 0 Å². The van der Waals surface area contributed by atoms with Crippen LogP contribution in [-0.2, 0) is 6.42 Å². The minimum Gasteiger partial charge on any atom is -0.384 e. The van der Waals surface area contributed by atoms with Gasteiger partial charge in [0.25, 0.3) is 5.91 Å². The number of rotatable bonds is 4. The number of carbonyl (C=O) groups excluding carboxylic acids is 1. The van der Waals surface area contributed by atoms with Gasteiger partial charge in [-0.1, -0.05) is 26.2 Å². The Morgan fingerprint density at radius 2 is 2.11 bits per heavy atom. The van der Waals surface area contributed by atoms with Crippen molar-refractivity contribution < 1.29 is 4.79 Å². The van der Waals surface area contributed by atoms with E-state index in [4.69, 9.17) is 5.73 Å². The lowest BCUT2D eigenvalue weighted by Crippen LogP contribution is -2.43. The van der Waals surface area contributed by atoms with Gasteiger partial charge < -0.3 is 11.1 Å². The molecule has 0 aliphatic heterocycles. The first-order valence-electron chi connectivity index (χ1n) is 7.11. The Morgan fingerprint density at radius 3 is 2.74 bits per heavy atom. The first-order chi connectivity index (χ1) is 9.02. The zero-order valence-corrected chi connectivity index (χ0v) is 11.8. The molecular weight excluding hydrogens is 238 g/mol. The molecule has 0 atom stereocenters. The molecular formula is C15H23N3O. The van der Waals surface area contributed by atoms with Crippen molar-refractivity contribution in [2.24, 2.45) is 0 Å². The smallest absolute Gasteiger partial charge is 0.251 e. The number of aromatic nitrogens is 1. The van der Waals surface area contributed by atoms with E-state index in [9.17, 15) is 4.79 Å². The molecule has 1 aliphatic carbocycles. The number of nitrogens with zero attached hydrogens (tertiary/aromatic N) is 1.